The minimum absolute atomic E-state index is 0. The van der Waals surface area contributed by atoms with E-state index in [1.54, 1.807) is 24.3 Å². The average molecular weight is 328 g/mol. The van der Waals surface area contributed by atoms with Gasteiger partial charge in [-0.15, -0.1) is 12.4 Å². The molecular weight excluding hydrogens is 310 g/mol. The maximum Gasteiger partial charge on any atom is 0.216 e. The van der Waals surface area contributed by atoms with E-state index < -0.39 is 10.0 Å². The van der Waals surface area contributed by atoms with Crippen molar-refractivity contribution in [2.75, 3.05) is 5.43 Å². The summed E-state index contributed by atoms with van der Waals surface area (Å²) in [5.74, 6) is 5.21. The topological polar surface area (TPSA) is 84.2 Å². The first-order valence-electron chi connectivity index (χ1n) is 6.16. The van der Waals surface area contributed by atoms with Crippen molar-refractivity contribution in [2.45, 2.75) is 12.3 Å². The molecule has 21 heavy (non-hydrogen) atoms. The predicted molar refractivity (Wildman–Crippen MR) is 87.4 cm³/mol. The number of benzene rings is 2. The number of sulfonamides is 1. The van der Waals surface area contributed by atoms with Gasteiger partial charge in [-0.05, 0) is 23.3 Å². The molecule has 0 unspecified atom stereocenters. The van der Waals surface area contributed by atoms with Crippen molar-refractivity contribution < 1.29 is 8.42 Å². The van der Waals surface area contributed by atoms with Gasteiger partial charge in [-0.1, -0.05) is 42.5 Å². The van der Waals surface area contributed by atoms with Crippen LogP contribution in [0.3, 0.4) is 0 Å². The third kappa shape index (κ3) is 5.73. The normalized spacial score (nSPS) is 10.7. The van der Waals surface area contributed by atoms with E-state index in [0.717, 1.165) is 11.3 Å². The Morgan fingerprint density at radius 2 is 1.52 bits per heavy atom. The smallest absolute Gasteiger partial charge is 0.216 e. The third-order valence-electron chi connectivity index (χ3n) is 2.82. The second-order valence-corrected chi connectivity index (χ2v) is 6.21. The van der Waals surface area contributed by atoms with E-state index in [2.05, 4.69) is 10.1 Å². The third-order valence-corrected chi connectivity index (χ3v) is 4.11. The molecule has 0 amide bonds. The van der Waals surface area contributed by atoms with E-state index in [0.29, 0.717) is 12.1 Å². The number of rotatable bonds is 6. The van der Waals surface area contributed by atoms with E-state index in [9.17, 15) is 8.42 Å². The molecule has 0 radical (unpaired) electrons. The Hall–Kier alpha value is -1.60. The van der Waals surface area contributed by atoms with Crippen molar-refractivity contribution in [1.82, 2.24) is 4.72 Å². The zero-order valence-corrected chi connectivity index (χ0v) is 13.0. The highest BCUT2D eigenvalue weighted by molar-refractivity contribution is 7.88. The van der Waals surface area contributed by atoms with E-state index in [4.69, 9.17) is 5.84 Å². The fourth-order valence-corrected chi connectivity index (χ4v) is 2.88. The maximum absolute atomic E-state index is 12.0. The van der Waals surface area contributed by atoms with Gasteiger partial charge in [0.2, 0.25) is 10.0 Å². The van der Waals surface area contributed by atoms with Gasteiger partial charge < -0.3 is 5.43 Å². The SMILES string of the molecule is Cl.NNc1ccc(CS(=O)(=O)NCc2ccccc2)cc1. The van der Waals surface area contributed by atoms with Crippen LogP contribution in [0, 0.1) is 0 Å². The van der Waals surface area contributed by atoms with Crippen molar-refractivity contribution in [2.24, 2.45) is 5.84 Å². The highest BCUT2D eigenvalue weighted by Crippen LogP contribution is 2.11. The lowest BCUT2D eigenvalue weighted by molar-refractivity contribution is 0.580. The van der Waals surface area contributed by atoms with Crippen LogP contribution in [0.5, 0.6) is 0 Å². The predicted octanol–water partition coefficient (Wildman–Crippen LogP) is 2.01. The highest BCUT2D eigenvalue weighted by atomic mass is 35.5. The Morgan fingerprint density at radius 1 is 0.905 bits per heavy atom. The fraction of sp³-hybridized carbons (Fsp3) is 0.143. The second kappa shape index (κ2) is 7.99. The van der Waals surface area contributed by atoms with Crippen molar-refractivity contribution in [3.8, 4) is 0 Å². The second-order valence-electron chi connectivity index (χ2n) is 4.41. The number of nitrogens with one attached hydrogen (secondary N) is 2. The summed E-state index contributed by atoms with van der Waals surface area (Å²) in [4.78, 5) is 0. The first kappa shape index (κ1) is 17.5. The lowest BCUT2D eigenvalue weighted by Crippen LogP contribution is -2.24. The maximum atomic E-state index is 12.0. The number of anilines is 1. The van der Waals surface area contributed by atoms with Crippen LogP contribution in [0.4, 0.5) is 5.69 Å². The lowest BCUT2D eigenvalue weighted by Gasteiger charge is -2.07. The number of halogens is 1. The molecule has 0 aromatic heterocycles. The summed E-state index contributed by atoms with van der Waals surface area (Å²) in [6.07, 6.45) is 0. The molecule has 0 heterocycles. The van der Waals surface area contributed by atoms with Gasteiger partial charge in [-0.3, -0.25) is 5.84 Å². The number of hydrogen-bond acceptors (Lipinski definition) is 4. The number of nitrogen functional groups attached to an aromatic ring is 1. The Balaban J connectivity index is 0.00000220. The summed E-state index contributed by atoms with van der Waals surface area (Å²) in [5, 5.41) is 0. The fourth-order valence-electron chi connectivity index (χ4n) is 1.76. The summed E-state index contributed by atoms with van der Waals surface area (Å²) in [7, 11) is -3.35. The molecule has 2 aromatic rings. The molecule has 0 saturated heterocycles. The first-order valence-corrected chi connectivity index (χ1v) is 7.81. The van der Waals surface area contributed by atoms with Crippen LogP contribution in [-0.4, -0.2) is 8.42 Å². The van der Waals surface area contributed by atoms with Gasteiger partial charge >= 0.3 is 0 Å². The van der Waals surface area contributed by atoms with E-state index in [1.165, 1.54) is 0 Å². The van der Waals surface area contributed by atoms with Gasteiger partial charge in [0, 0.05) is 12.2 Å². The van der Waals surface area contributed by atoms with Crippen molar-refractivity contribution in [3.63, 3.8) is 0 Å². The molecule has 4 N–H and O–H groups in total. The molecule has 0 bridgehead atoms. The summed E-state index contributed by atoms with van der Waals surface area (Å²) in [6.45, 7) is 0.297. The molecule has 7 heteroatoms. The molecule has 0 aliphatic heterocycles. The van der Waals surface area contributed by atoms with Gasteiger partial charge in [0.25, 0.3) is 0 Å². The molecule has 114 valence electrons. The quantitative estimate of drug-likeness (QED) is 0.560. The molecule has 0 fully saturated rings. The van der Waals surface area contributed by atoms with Crippen LogP contribution < -0.4 is 16.0 Å². The molecule has 5 nitrogen and oxygen atoms in total. The van der Waals surface area contributed by atoms with Crippen LogP contribution in [0.15, 0.2) is 54.6 Å². The number of hydrogen-bond donors (Lipinski definition) is 3. The standard InChI is InChI=1S/C14H17N3O2S.ClH/c15-17-14-8-6-13(7-9-14)11-20(18,19)16-10-12-4-2-1-3-5-12;/h1-9,16-17H,10-11,15H2;1H. The molecule has 0 aliphatic rings. The summed E-state index contributed by atoms with van der Waals surface area (Å²) >= 11 is 0. The van der Waals surface area contributed by atoms with E-state index in [1.807, 2.05) is 30.3 Å². The van der Waals surface area contributed by atoms with Crippen LogP contribution in [0.1, 0.15) is 11.1 Å². The molecular formula is C14H18ClN3O2S. The zero-order chi connectivity index (χ0) is 14.4. The lowest BCUT2D eigenvalue weighted by atomic mass is 10.2. The minimum atomic E-state index is -3.35. The Labute approximate surface area is 131 Å². The van der Waals surface area contributed by atoms with Crippen molar-refractivity contribution in [1.29, 1.82) is 0 Å². The molecule has 0 spiro atoms. The molecule has 0 saturated carbocycles. The molecule has 2 aromatic carbocycles. The Morgan fingerprint density at radius 3 is 2.10 bits per heavy atom. The molecule has 2 rings (SSSR count). The van der Waals surface area contributed by atoms with Crippen LogP contribution >= 0.6 is 12.4 Å². The Kier molecular flexibility index (Phi) is 6.64. The number of hydrazine groups is 1. The van der Waals surface area contributed by atoms with Crippen LogP contribution in [0.2, 0.25) is 0 Å². The van der Waals surface area contributed by atoms with Crippen LogP contribution in [0.25, 0.3) is 0 Å². The average Bonchev–Trinajstić information content (AvgIpc) is 2.47. The van der Waals surface area contributed by atoms with Gasteiger partial charge in [-0.2, -0.15) is 0 Å². The van der Waals surface area contributed by atoms with Crippen molar-refractivity contribution in [3.05, 3.63) is 65.7 Å². The van der Waals surface area contributed by atoms with Gasteiger partial charge in [0.1, 0.15) is 0 Å². The van der Waals surface area contributed by atoms with E-state index >= 15 is 0 Å². The first-order chi connectivity index (χ1) is 9.59. The minimum Gasteiger partial charge on any atom is -0.324 e. The summed E-state index contributed by atoms with van der Waals surface area (Å²) in [5.41, 5.74) is 4.88. The van der Waals surface area contributed by atoms with Crippen molar-refractivity contribution >= 4 is 28.1 Å². The molecule has 0 aliphatic carbocycles. The largest absolute Gasteiger partial charge is 0.324 e. The van der Waals surface area contributed by atoms with E-state index in [-0.39, 0.29) is 18.2 Å². The van der Waals surface area contributed by atoms with Gasteiger partial charge in [-0.25, -0.2) is 13.1 Å². The Bertz CT molecular complexity index is 646. The zero-order valence-electron chi connectivity index (χ0n) is 11.3. The highest BCUT2D eigenvalue weighted by Gasteiger charge is 2.11. The van der Waals surface area contributed by atoms with Gasteiger partial charge in [0.15, 0.2) is 0 Å². The summed E-state index contributed by atoms with van der Waals surface area (Å²) < 4.78 is 26.5. The summed E-state index contributed by atoms with van der Waals surface area (Å²) in [6, 6.07) is 16.3. The van der Waals surface area contributed by atoms with Crippen LogP contribution in [-0.2, 0) is 22.3 Å². The monoisotopic (exact) mass is 327 g/mol. The molecule has 0 atom stereocenters. The number of nitrogens with two attached hydrogens (primary N) is 1. The van der Waals surface area contributed by atoms with Gasteiger partial charge in [0.05, 0.1) is 5.75 Å².